The summed E-state index contributed by atoms with van der Waals surface area (Å²) in [6, 6.07) is 12.6. The fraction of sp³-hybridized carbons (Fsp3) is 0.345. The number of esters is 1. The molecule has 7 rings (SSSR count). The van der Waals surface area contributed by atoms with Crippen molar-refractivity contribution in [3.05, 3.63) is 69.7 Å². The van der Waals surface area contributed by atoms with Gasteiger partial charge in [0.1, 0.15) is 0 Å². The summed E-state index contributed by atoms with van der Waals surface area (Å²) in [6.45, 7) is 5.11. The predicted octanol–water partition coefficient (Wildman–Crippen LogP) is 4.43. The van der Waals surface area contributed by atoms with Crippen molar-refractivity contribution >= 4 is 64.2 Å². The molecular weight excluding hydrogens is 543 g/mol. The van der Waals surface area contributed by atoms with Gasteiger partial charge in [0, 0.05) is 27.0 Å². The predicted molar refractivity (Wildman–Crippen MR) is 143 cm³/mol. The van der Waals surface area contributed by atoms with E-state index in [1.165, 1.54) is 0 Å². The molecule has 2 heterocycles. The van der Waals surface area contributed by atoms with Gasteiger partial charge in [0.15, 0.2) is 0 Å². The molecule has 2 aromatic rings. The smallest absolute Gasteiger partial charge is 0.334 e. The van der Waals surface area contributed by atoms with Crippen LogP contribution in [0.5, 0.6) is 0 Å². The Morgan fingerprint density at radius 2 is 1.18 bits per heavy atom. The molecule has 1 saturated carbocycles. The van der Waals surface area contributed by atoms with Crippen molar-refractivity contribution in [2.45, 2.75) is 20.8 Å². The number of ether oxygens (including phenoxy) is 1. The van der Waals surface area contributed by atoms with E-state index in [0.717, 1.165) is 9.80 Å². The molecule has 10 heteroatoms. The van der Waals surface area contributed by atoms with E-state index >= 15 is 0 Å². The SMILES string of the molecule is CCOC(=O)C1=C(C)C2[C@@H]3C(=O)N(c4ccc(Cl)cc4)C(=O)C3C1(C)[C@H]1C(=O)N(c3ccc(Cl)cc3)C(=O)[C@H]21. The molecule has 39 heavy (non-hydrogen) atoms. The molecule has 6 atom stereocenters. The first-order valence-corrected chi connectivity index (χ1v) is 13.4. The Morgan fingerprint density at radius 3 is 1.56 bits per heavy atom. The van der Waals surface area contributed by atoms with Crippen LogP contribution in [0.4, 0.5) is 11.4 Å². The summed E-state index contributed by atoms with van der Waals surface area (Å²) in [5, 5.41) is 0.884. The third-order valence-corrected chi connectivity index (χ3v) is 9.35. The molecule has 2 bridgehead atoms. The van der Waals surface area contributed by atoms with E-state index in [-0.39, 0.29) is 12.2 Å². The molecule has 3 fully saturated rings. The van der Waals surface area contributed by atoms with Crippen molar-refractivity contribution in [2.24, 2.45) is 35.0 Å². The van der Waals surface area contributed by atoms with Crippen LogP contribution in [0.2, 0.25) is 10.0 Å². The Labute approximate surface area is 234 Å². The van der Waals surface area contributed by atoms with Crippen LogP contribution in [-0.2, 0) is 28.7 Å². The summed E-state index contributed by atoms with van der Waals surface area (Å²) in [6.07, 6.45) is 0. The first kappa shape index (κ1) is 25.8. The summed E-state index contributed by atoms with van der Waals surface area (Å²) < 4.78 is 5.39. The number of imide groups is 2. The summed E-state index contributed by atoms with van der Waals surface area (Å²) in [4.78, 5) is 71.8. The summed E-state index contributed by atoms with van der Waals surface area (Å²) in [7, 11) is 0. The highest BCUT2D eigenvalue weighted by Crippen LogP contribution is 2.68. The van der Waals surface area contributed by atoms with E-state index in [9.17, 15) is 24.0 Å². The number of carbonyl (C=O) groups excluding carboxylic acids is 5. The van der Waals surface area contributed by atoms with Crippen LogP contribution >= 0.6 is 23.2 Å². The van der Waals surface area contributed by atoms with Gasteiger partial charge in [-0.25, -0.2) is 4.79 Å². The second kappa shape index (κ2) is 8.76. The minimum Gasteiger partial charge on any atom is -0.463 e. The van der Waals surface area contributed by atoms with Gasteiger partial charge >= 0.3 is 5.97 Å². The van der Waals surface area contributed by atoms with Gasteiger partial charge in [-0.3, -0.25) is 29.0 Å². The van der Waals surface area contributed by atoms with Crippen LogP contribution in [0.3, 0.4) is 0 Å². The zero-order valence-corrected chi connectivity index (χ0v) is 22.8. The van der Waals surface area contributed by atoms with E-state index in [4.69, 9.17) is 27.9 Å². The van der Waals surface area contributed by atoms with Gasteiger partial charge in [-0.2, -0.15) is 0 Å². The lowest BCUT2D eigenvalue weighted by molar-refractivity contribution is -0.155. The average molecular weight is 567 g/mol. The zero-order chi connectivity index (χ0) is 28.0. The van der Waals surface area contributed by atoms with E-state index in [1.807, 2.05) is 0 Å². The van der Waals surface area contributed by atoms with Gasteiger partial charge in [0.25, 0.3) is 0 Å². The number of anilines is 2. The largest absolute Gasteiger partial charge is 0.463 e. The molecule has 8 nitrogen and oxygen atoms in total. The summed E-state index contributed by atoms with van der Waals surface area (Å²) >= 11 is 12.1. The minimum atomic E-state index is -1.46. The van der Waals surface area contributed by atoms with Gasteiger partial charge in [0.2, 0.25) is 23.6 Å². The number of hydrogen-bond donors (Lipinski definition) is 0. The van der Waals surface area contributed by atoms with Crippen molar-refractivity contribution < 1.29 is 28.7 Å². The lowest BCUT2D eigenvalue weighted by Gasteiger charge is -2.55. The second-order valence-electron chi connectivity index (χ2n) is 10.6. The number of nitrogens with zero attached hydrogens (tertiary/aromatic N) is 2. The van der Waals surface area contributed by atoms with Gasteiger partial charge in [-0.1, -0.05) is 35.7 Å². The Balaban J connectivity index is 1.54. The number of carbonyl (C=O) groups is 5. The maximum absolute atomic E-state index is 14.1. The second-order valence-corrected chi connectivity index (χ2v) is 11.4. The Morgan fingerprint density at radius 1 is 0.769 bits per heavy atom. The van der Waals surface area contributed by atoms with Gasteiger partial charge in [0.05, 0.1) is 41.7 Å². The van der Waals surface area contributed by atoms with Gasteiger partial charge < -0.3 is 4.74 Å². The van der Waals surface area contributed by atoms with E-state index in [0.29, 0.717) is 27.0 Å². The lowest BCUT2D eigenvalue weighted by Crippen LogP contribution is -2.61. The topological polar surface area (TPSA) is 101 Å². The molecule has 2 aromatic carbocycles. The van der Waals surface area contributed by atoms with Crippen LogP contribution in [0.15, 0.2) is 59.7 Å². The van der Waals surface area contributed by atoms with E-state index in [2.05, 4.69) is 0 Å². The molecule has 0 aromatic heterocycles. The monoisotopic (exact) mass is 566 g/mol. The maximum atomic E-state index is 14.1. The highest BCUT2D eigenvalue weighted by atomic mass is 35.5. The van der Waals surface area contributed by atoms with Crippen molar-refractivity contribution in [1.82, 2.24) is 0 Å². The summed E-state index contributed by atoms with van der Waals surface area (Å²) in [5.41, 5.74) is -0.0605. The molecule has 0 spiro atoms. The highest BCUT2D eigenvalue weighted by Gasteiger charge is 2.77. The van der Waals surface area contributed by atoms with Crippen LogP contribution < -0.4 is 9.80 Å². The van der Waals surface area contributed by atoms with Crippen molar-refractivity contribution in [1.29, 1.82) is 0 Å². The molecule has 2 saturated heterocycles. The molecule has 4 amide bonds. The van der Waals surface area contributed by atoms with Crippen molar-refractivity contribution in [2.75, 3.05) is 16.4 Å². The first-order chi connectivity index (χ1) is 18.5. The van der Waals surface area contributed by atoms with Crippen LogP contribution in [0.25, 0.3) is 0 Å². The molecule has 0 N–H and O–H groups in total. The quantitative estimate of drug-likeness (QED) is 0.400. The van der Waals surface area contributed by atoms with Crippen molar-refractivity contribution in [3.8, 4) is 0 Å². The molecule has 3 unspecified atom stereocenters. The molecule has 2 aliphatic heterocycles. The Hall–Kier alpha value is -3.49. The average Bonchev–Trinajstić information content (AvgIpc) is 3.32. The van der Waals surface area contributed by atoms with E-state index in [1.54, 1.807) is 69.3 Å². The number of allylic oxidation sites excluding steroid dienone is 1. The third kappa shape index (κ3) is 3.28. The molecular formula is C29H24Cl2N2O6. The standard InChI is InChI=1S/C29H24Cl2N2O6/c1-4-39-28(38)21-13(2)18-19-22(26(36)32(24(19)34)16-9-5-14(30)6-10-16)29(21,3)23-20(18)25(35)33(27(23)37)17-11-7-15(31)8-12-17/h5-12,18-20,22-23H,4H2,1-3H3/t18?,19-,20+,22-,23?,29?/m1/s1. The number of benzene rings is 2. The zero-order valence-electron chi connectivity index (χ0n) is 21.3. The van der Waals surface area contributed by atoms with E-state index < -0.39 is 64.6 Å². The van der Waals surface area contributed by atoms with Gasteiger partial charge in [-0.15, -0.1) is 0 Å². The Kier molecular flexibility index (Phi) is 5.79. The number of rotatable bonds is 4. The molecule has 5 aliphatic rings. The Bertz CT molecular complexity index is 1410. The minimum absolute atomic E-state index is 0.0894. The third-order valence-electron chi connectivity index (χ3n) is 8.85. The molecule has 0 radical (unpaired) electrons. The van der Waals surface area contributed by atoms with Crippen molar-refractivity contribution in [3.63, 3.8) is 0 Å². The van der Waals surface area contributed by atoms with Crippen LogP contribution in [0.1, 0.15) is 20.8 Å². The normalized spacial score (nSPS) is 31.3. The maximum Gasteiger partial charge on any atom is 0.334 e. The van der Waals surface area contributed by atoms with Gasteiger partial charge in [-0.05, 0) is 62.4 Å². The number of hydrogen-bond acceptors (Lipinski definition) is 6. The number of halogens is 2. The molecule has 200 valence electrons. The first-order valence-electron chi connectivity index (χ1n) is 12.7. The highest BCUT2D eigenvalue weighted by molar-refractivity contribution is 6.31. The van der Waals surface area contributed by atoms with Crippen LogP contribution in [-0.4, -0.2) is 36.2 Å². The lowest BCUT2D eigenvalue weighted by atomic mass is 9.43. The van der Waals surface area contributed by atoms with Crippen LogP contribution in [0, 0.1) is 35.0 Å². The summed E-state index contributed by atoms with van der Waals surface area (Å²) in [5.74, 6) is -7.33. The fourth-order valence-corrected chi connectivity index (χ4v) is 7.75. The number of amides is 4. The molecule has 3 aliphatic carbocycles. The fourth-order valence-electron chi connectivity index (χ4n) is 7.50.